The van der Waals surface area contributed by atoms with Crippen LogP contribution in [0.25, 0.3) is 0 Å². The number of rotatable bonds is 4. The second kappa shape index (κ2) is 7.40. The molecule has 3 aliphatic carbocycles. The highest BCUT2D eigenvalue weighted by atomic mass is 35.5. The van der Waals surface area contributed by atoms with Crippen molar-refractivity contribution in [2.45, 2.75) is 100 Å². The van der Waals surface area contributed by atoms with E-state index in [2.05, 4.69) is 26.0 Å². The summed E-state index contributed by atoms with van der Waals surface area (Å²) < 4.78 is 0.0469. The molecule has 0 bridgehead atoms. The summed E-state index contributed by atoms with van der Waals surface area (Å²) in [5.41, 5.74) is 4.90. The lowest BCUT2D eigenvalue weighted by atomic mass is 10.2. The summed E-state index contributed by atoms with van der Waals surface area (Å²) in [4.78, 5) is 0. The van der Waals surface area contributed by atoms with Crippen molar-refractivity contribution in [1.29, 1.82) is 0 Å². The molecule has 0 aromatic carbocycles. The summed E-state index contributed by atoms with van der Waals surface area (Å²) in [7, 11) is -0.0483. The summed E-state index contributed by atoms with van der Waals surface area (Å²) in [6.07, 6.45) is 20.2. The van der Waals surface area contributed by atoms with Crippen molar-refractivity contribution < 1.29 is 0 Å². The molecule has 2 heteroatoms. The molecule has 0 saturated heterocycles. The van der Waals surface area contributed by atoms with E-state index in [0.717, 1.165) is 11.3 Å². The van der Waals surface area contributed by atoms with Gasteiger partial charge in [0.05, 0.1) is 4.62 Å². The Kier molecular flexibility index (Phi) is 5.73. The monoisotopic (exact) mass is 338 g/mol. The van der Waals surface area contributed by atoms with Gasteiger partial charge in [-0.15, -0.1) is 11.6 Å². The van der Waals surface area contributed by atoms with Crippen LogP contribution >= 0.6 is 19.5 Å². The summed E-state index contributed by atoms with van der Waals surface area (Å²) in [5, 5.41) is 0. The van der Waals surface area contributed by atoms with Crippen LogP contribution in [0, 0.1) is 0 Å². The molecule has 3 saturated carbocycles. The van der Waals surface area contributed by atoms with Gasteiger partial charge in [-0.05, 0) is 75.7 Å². The molecule has 0 spiro atoms. The molecule has 1 atom stereocenters. The van der Waals surface area contributed by atoms with Crippen molar-refractivity contribution in [1.82, 2.24) is 0 Å². The van der Waals surface area contributed by atoms with Crippen LogP contribution in [0.1, 0.15) is 84.5 Å². The Bertz CT molecular complexity index is 421. The molecule has 0 aliphatic heterocycles. The SMILES string of the molecule is CC(C)=CC=C1CCCC1(Cl)P(C1CCCC1)C1CCCC1. The number of allylic oxidation sites excluding steroid dienone is 4. The van der Waals surface area contributed by atoms with E-state index in [4.69, 9.17) is 11.6 Å². The average molecular weight is 339 g/mol. The number of halogens is 1. The van der Waals surface area contributed by atoms with Gasteiger partial charge in [-0.1, -0.05) is 51.3 Å². The Morgan fingerprint density at radius 3 is 2.05 bits per heavy atom. The van der Waals surface area contributed by atoms with E-state index >= 15 is 0 Å². The standard InChI is InChI=1S/C20H32ClP/c1-16(2)13-14-17-8-7-15-20(17,21)22(18-9-3-4-10-18)19-11-5-6-12-19/h13-14,18-19H,3-12,15H2,1-2H3. The second-order valence-corrected chi connectivity index (χ2v) is 11.8. The van der Waals surface area contributed by atoms with Crippen LogP contribution in [0.3, 0.4) is 0 Å². The predicted molar refractivity (Wildman–Crippen MR) is 101 cm³/mol. The van der Waals surface area contributed by atoms with E-state index in [0.29, 0.717) is 0 Å². The third-order valence-electron chi connectivity index (χ3n) is 5.91. The zero-order valence-corrected chi connectivity index (χ0v) is 16.1. The first-order valence-electron chi connectivity index (χ1n) is 9.43. The lowest BCUT2D eigenvalue weighted by Gasteiger charge is -2.42. The van der Waals surface area contributed by atoms with Crippen LogP contribution in [-0.2, 0) is 0 Å². The van der Waals surface area contributed by atoms with E-state index < -0.39 is 0 Å². The normalized spacial score (nSPS) is 32.5. The molecule has 0 radical (unpaired) electrons. The molecule has 0 N–H and O–H groups in total. The Balaban J connectivity index is 1.90. The van der Waals surface area contributed by atoms with Gasteiger partial charge in [-0.25, -0.2) is 0 Å². The van der Waals surface area contributed by atoms with Crippen LogP contribution in [0.2, 0.25) is 0 Å². The van der Waals surface area contributed by atoms with Crippen LogP contribution in [0.15, 0.2) is 23.3 Å². The molecular weight excluding hydrogens is 307 g/mol. The van der Waals surface area contributed by atoms with Gasteiger partial charge in [0.2, 0.25) is 0 Å². The molecule has 0 heterocycles. The van der Waals surface area contributed by atoms with Gasteiger partial charge in [0.25, 0.3) is 0 Å². The average Bonchev–Trinajstić information content (AvgIpc) is 3.20. The predicted octanol–water partition coefficient (Wildman–Crippen LogP) is 7.37. The van der Waals surface area contributed by atoms with Crippen LogP contribution < -0.4 is 0 Å². The van der Waals surface area contributed by atoms with Crippen molar-refractivity contribution in [3.8, 4) is 0 Å². The first-order chi connectivity index (χ1) is 10.6. The number of hydrogen-bond donors (Lipinski definition) is 0. The Hall–Kier alpha value is 0.200. The van der Waals surface area contributed by atoms with Crippen molar-refractivity contribution in [2.24, 2.45) is 0 Å². The third-order valence-corrected chi connectivity index (χ3v) is 10.9. The van der Waals surface area contributed by atoms with Gasteiger partial charge in [0, 0.05) is 0 Å². The van der Waals surface area contributed by atoms with E-state index in [9.17, 15) is 0 Å². The van der Waals surface area contributed by atoms with Crippen LogP contribution in [-0.4, -0.2) is 15.9 Å². The highest BCUT2D eigenvalue weighted by Gasteiger charge is 2.49. The molecule has 124 valence electrons. The molecule has 3 aliphatic rings. The lowest BCUT2D eigenvalue weighted by Crippen LogP contribution is -2.27. The molecule has 0 aromatic heterocycles. The van der Waals surface area contributed by atoms with Gasteiger partial charge < -0.3 is 0 Å². The lowest BCUT2D eigenvalue weighted by molar-refractivity contribution is 0.773. The number of hydrogen-bond acceptors (Lipinski definition) is 0. The molecule has 3 fully saturated rings. The molecule has 1 unspecified atom stereocenters. The largest absolute Gasteiger partial charge is 0.109 e. The summed E-state index contributed by atoms with van der Waals surface area (Å²) in [6.45, 7) is 4.39. The summed E-state index contributed by atoms with van der Waals surface area (Å²) in [6, 6.07) is 0. The third kappa shape index (κ3) is 3.49. The minimum atomic E-state index is -0.0483. The molecule has 22 heavy (non-hydrogen) atoms. The van der Waals surface area contributed by atoms with Gasteiger partial charge in [0.15, 0.2) is 0 Å². The van der Waals surface area contributed by atoms with Crippen molar-refractivity contribution in [2.75, 3.05) is 0 Å². The molecule has 0 nitrogen and oxygen atoms in total. The minimum absolute atomic E-state index is 0.0469. The van der Waals surface area contributed by atoms with E-state index in [1.165, 1.54) is 76.2 Å². The van der Waals surface area contributed by atoms with Gasteiger partial charge >= 0.3 is 0 Å². The fourth-order valence-electron chi connectivity index (χ4n) is 4.88. The van der Waals surface area contributed by atoms with Crippen molar-refractivity contribution in [3.63, 3.8) is 0 Å². The van der Waals surface area contributed by atoms with E-state index in [1.54, 1.807) is 5.57 Å². The fraction of sp³-hybridized carbons (Fsp3) is 0.800. The number of alkyl halides is 1. The first-order valence-corrected chi connectivity index (χ1v) is 11.3. The van der Waals surface area contributed by atoms with Crippen LogP contribution in [0.5, 0.6) is 0 Å². The zero-order chi connectivity index (χ0) is 15.6. The van der Waals surface area contributed by atoms with Gasteiger partial charge in [-0.3, -0.25) is 0 Å². The molecular formula is C20H32ClP. The smallest absolute Gasteiger partial charge is 0.0855 e. The Labute approximate surface area is 143 Å². The maximum absolute atomic E-state index is 7.48. The highest BCUT2D eigenvalue weighted by molar-refractivity contribution is 7.63. The Morgan fingerprint density at radius 1 is 1.00 bits per heavy atom. The van der Waals surface area contributed by atoms with Crippen molar-refractivity contribution >= 4 is 19.5 Å². The second-order valence-electron chi connectivity index (χ2n) is 7.83. The van der Waals surface area contributed by atoms with Gasteiger partial charge in [0.1, 0.15) is 0 Å². The molecule has 0 amide bonds. The fourth-order valence-corrected chi connectivity index (χ4v) is 10.5. The maximum atomic E-state index is 7.48. The molecule has 3 rings (SSSR count). The maximum Gasteiger partial charge on any atom is 0.0855 e. The first kappa shape index (κ1) is 17.0. The van der Waals surface area contributed by atoms with Crippen LogP contribution in [0.4, 0.5) is 0 Å². The zero-order valence-electron chi connectivity index (χ0n) is 14.4. The van der Waals surface area contributed by atoms with E-state index in [1.807, 2.05) is 0 Å². The Morgan fingerprint density at radius 2 is 1.55 bits per heavy atom. The quantitative estimate of drug-likeness (QED) is 0.371. The summed E-state index contributed by atoms with van der Waals surface area (Å²) >= 11 is 7.48. The minimum Gasteiger partial charge on any atom is -0.109 e. The summed E-state index contributed by atoms with van der Waals surface area (Å²) in [5.74, 6) is 0. The highest BCUT2D eigenvalue weighted by Crippen LogP contribution is 2.71. The topological polar surface area (TPSA) is 0 Å². The van der Waals surface area contributed by atoms with E-state index in [-0.39, 0.29) is 12.5 Å². The van der Waals surface area contributed by atoms with Crippen molar-refractivity contribution in [3.05, 3.63) is 23.3 Å². The molecule has 0 aromatic rings. The van der Waals surface area contributed by atoms with Gasteiger partial charge in [-0.2, -0.15) is 0 Å².